The fourth-order valence-electron chi connectivity index (χ4n) is 4.43. The highest BCUT2D eigenvalue weighted by molar-refractivity contribution is 7.20. The summed E-state index contributed by atoms with van der Waals surface area (Å²) in [5.41, 5.74) is 3.27. The molecular weight excluding hydrogens is 370 g/mol. The number of aromatic nitrogens is 1. The standard InChI is InChI=1S/C23H21NO3S/c1-2-13-9-10-16(27-23-24-18-5-3-4-6-19(18)28-23)12-17(13)20-21(25)14-7-8-15(11-14)22(20)26/h3-6,9-10,12,14-15,25H,2,7-8,11H2,1H3/t14-,15-/m1/s1. The Hall–Kier alpha value is -2.66. The fourth-order valence-corrected chi connectivity index (χ4v) is 5.26. The lowest BCUT2D eigenvalue weighted by Gasteiger charge is -2.23. The van der Waals surface area contributed by atoms with E-state index in [0.29, 0.717) is 16.5 Å². The Morgan fingerprint density at radius 1 is 1.18 bits per heavy atom. The highest BCUT2D eigenvalue weighted by Crippen LogP contribution is 2.46. The molecule has 0 spiro atoms. The summed E-state index contributed by atoms with van der Waals surface area (Å²) in [5.74, 6) is 1.16. The monoisotopic (exact) mass is 391 g/mol. The maximum Gasteiger partial charge on any atom is 0.279 e. The van der Waals surface area contributed by atoms with Crippen LogP contribution in [0, 0.1) is 11.8 Å². The molecule has 28 heavy (non-hydrogen) atoms. The molecule has 0 radical (unpaired) electrons. The van der Waals surface area contributed by atoms with Gasteiger partial charge in [-0.15, -0.1) is 0 Å². The molecule has 2 aliphatic carbocycles. The molecule has 2 aliphatic rings. The number of allylic oxidation sites excluding steroid dienone is 2. The zero-order chi connectivity index (χ0) is 19.3. The molecule has 5 heteroatoms. The molecule has 1 fully saturated rings. The lowest BCUT2D eigenvalue weighted by atomic mass is 9.81. The summed E-state index contributed by atoms with van der Waals surface area (Å²) < 4.78 is 7.10. The number of aryl methyl sites for hydroxylation is 1. The number of hydrogen-bond acceptors (Lipinski definition) is 5. The van der Waals surface area contributed by atoms with Gasteiger partial charge in [0.15, 0.2) is 5.78 Å². The van der Waals surface area contributed by atoms with E-state index in [0.717, 1.165) is 47.0 Å². The number of fused-ring (bicyclic) bond motifs is 3. The van der Waals surface area contributed by atoms with Gasteiger partial charge < -0.3 is 9.84 Å². The number of rotatable bonds is 4. The van der Waals surface area contributed by atoms with Gasteiger partial charge in [0.25, 0.3) is 5.19 Å². The van der Waals surface area contributed by atoms with Gasteiger partial charge in [-0.3, -0.25) is 4.79 Å². The molecule has 1 saturated carbocycles. The van der Waals surface area contributed by atoms with Crippen molar-refractivity contribution in [2.75, 3.05) is 0 Å². The third-order valence-electron chi connectivity index (χ3n) is 5.90. The maximum absolute atomic E-state index is 13.0. The molecule has 0 unspecified atom stereocenters. The van der Waals surface area contributed by atoms with Crippen LogP contribution >= 0.6 is 11.3 Å². The van der Waals surface area contributed by atoms with E-state index in [1.54, 1.807) is 0 Å². The second-order valence-corrected chi connectivity index (χ2v) is 8.55. The molecule has 142 valence electrons. The number of carbonyl (C=O) groups is 1. The summed E-state index contributed by atoms with van der Waals surface area (Å²) in [4.78, 5) is 17.5. The average molecular weight is 391 g/mol. The minimum Gasteiger partial charge on any atom is -0.511 e. The molecule has 2 aromatic carbocycles. The lowest BCUT2D eigenvalue weighted by molar-refractivity contribution is -0.117. The molecule has 1 N–H and O–H groups in total. The largest absolute Gasteiger partial charge is 0.511 e. The molecule has 2 bridgehead atoms. The van der Waals surface area contributed by atoms with Crippen molar-refractivity contribution < 1.29 is 14.6 Å². The smallest absolute Gasteiger partial charge is 0.279 e. The van der Waals surface area contributed by atoms with E-state index in [2.05, 4.69) is 11.9 Å². The predicted molar refractivity (Wildman–Crippen MR) is 111 cm³/mol. The van der Waals surface area contributed by atoms with Crippen LogP contribution in [-0.2, 0) is 11.2 Å². The number of hydrogen-bond donors (Lipinski definition) is 1. The van der Waals surface area contributed by atoms with Crippen LogP contribution in [0.2, 0.25) is 0 Å². The zero-order valence-corrected chi connectivity index (χ0v) is 16.5. The fraction of sp³-hybridized carbons (Fsp3) is 0.304. The van der Waals surface area contributed by atoms with Crippen LogP contribution in [0.25, 0.3) is 15.8 Å². The SMILES string of the molecule is CCc1ccc(Oc2nc3ccccc3s2)cc1C1=C(O)[C@@H]2CC[C@H](C2)C1=O. The molecule has 1 aromatic heterocycles. The molecule has 3 aromatic rings. The summed E-state index contributed by atoms with van der Waals surface area (Å²) >= 11 is 1.49. The van der Waals surface area contributed by atoms with E-state index in [1.165, 1.54) is 11.3 Å². The lowest BCUT2D eigenvalue weighted by Crippen LogP contribution is -2.21. The molecule has 0 aliphatic heterocycles. The first-order valence-corrected chi connectivity index (χ1v) is 10.6. The van der Waals surface area contributed by atoms with Crippen LogP contribution in [0.15, 0.2) is 48.2 Å². The van der Waals surface area contributed by atoms with Crippen LogP contribution in [0.3, 0.4) is 0 Å². The van der Waals surface area contributed by atoms with Gasteiger partial charge in [0, 0.05) is 11.8 Å². The van der Waals surface area contributed by atoms with E-state index in [-0.39, 0.29) is 23.4 Å². The van der Waals surface area contributed by atoms with Crippen molar-refractivity contribution in [2.45, 2.75) is 32.6 Å². The Kier molecular flexibility index (Phi) is 4.20. The Balaban J connectivity index is 1.55. The van der Waals surface area contributed by atoms with Crippen LogP contribution < -0.4 is 4.74 Å². The highest BCUT2D eigenvalue weighted by atomic mass is 32.1. The van der Waals surface area contributed by atoms with Crippen molar-refractivity contribution in [2.24, 2.45) is 11.8 Å². The predicted octanol–water partition coefficient (Wildman–Crippen LogP) is 5.92. The van der Waals surface area contributed by atoms with Gasteiger partial charge in [-0.2, -0.15) is 0 Å². The Morgan fingerprint density at radius 3 is 2.82 bits per heavy atom. The number of aliphatic hydroxyl groups is 1. The van der Waals surface area contributed by atoms with E-state index >= 15 is 0 Å². The van der Waals surface area contributed by atoms with Gasteiger partial charge in [0.2, 0.25) is 0 Å². The number of aliphatic hydroxyl groups excluding tert-OH is 1. The minimum atomic E-state index is 0.0504. The molecule has 0 saturated heterocycles. The second-order valence-electron chi connectivity index (χ2n) is 7.55. The normalized spacial score (nSPS) is 21.5. The van der Waals surface area contributed by atoms with Crippen molar-refractivity contribution in [3.05, 3.63) is 59.4 Å². The number of benzene rings is 2. The zero-order valence-electron chi connectivity index (χ0n) is 15.6. The minimum absolute atomic E-state index is 0.0504. The Labute approximate surface area is 167 Å². The first-order valence-electron chi connectivity index (χ1n) is 9.78. The van der Waals surface area contributed by atoms with Gasteiger partial charge in [0.1, 0.15) is 11.5 Å². The van der Waals surface area contributed by atoms with Gasteiger partial charge in [-0.25, -0.2) is 4.98 Å². The average Bonchev–Trinajstić information content (AvgIpc) is 3.32. The Bertz CT molecular complexity index is 1080. The summed E-state index contributed by atoms with van der Waals surface area (Å²) in [7, 11) is 0. The van der Waals surface area contributed by atoms with Crippen molar-refractivity contribution in [1.82, 2.24) is 4.98 Å². The number of nitrogens with zero attached hydrogens (tertiary/aromatic N) is 1. The van der Waals surface area contributed by atoms with Gasteiger partial charge >= 0.3 is 0 Å². The topological polar surface area (TPSA) is 59.4 Å². The summed E-state index contributed by atoms with van der Waals surface area (Å²) in [6, 6.07) is 13.7. The summed E-state index contributed by atoms with van der Waals surface area (Å²) in [6.07, 6.45) is 3.35. The van der Waals surface area contributed by atoms with Gasteiger partial charge in [0.05, 0.1) is 15.8 Å². The van der Waals surface area contributed by atoms with E-state index in [4.69, 9.17) is 4.74 Å². The van der Waals surface area contributed by atoms with Crippen molar-refractivity contribution in [3.8, 4) is 10.9 Å². The third kappa shape index (κ3) is 2.81. The van der Waals surface area contributed by atoms with Gasteiger partial charge in [-0.05, 0) is 61.1 Å². The molecule has 1 heterocycles. The molecule has 0 amide bonds. The number of ketones is 1. The van der Waals surface area contributed by atoms with Crippen LogP contribution in [0.4, 0.5) is 0 Å². The maximum atomic E-state index is 13.0. The second kappa shape index (κ2) is 6.74. The van der Waals surface area contributed by atoms with E-state index < -0.39 is 0 Å². The molecular formula is C23H21NO3S. The van der Waals surface area contributed by atoms with Crippen molar-refractivity contribution in [1.29, 1.82) is 0 Å². The number of carbonyl (C=O) groups excluding carboxylic acids is 1. The first kappa shape index (κ1) is 17.4. The molecule has 2 atom stereocenters. The van der Waals surface area contributed by atoms with Crippen LogP contribution in [0.1, 0.15) is 37.3 Å². The summed E-state index contributed by atoms with van der Waals surface area (Å²) in [5, 5.41) is 11.4. The summed E-state index contributed by atoms with van der Waals surface area (Å²) in [6.45, 7) is 2.06. The molecule has 4 nitrogen and oxygen atoms in total. The van der Waals surface area contributed by atoms with E-state index in [9.17, 15) is 9.90 Å². The first-order chi connectivity index (χ1) is 13.6. The van der Waals surface area contributed by atoms with Crippen molar-refractivity contribution in [3.63, 3.8) is 0 Å². The quantitative estimate of drug-likeness (QED) is 0.600. The Morgan fingerprint density at radius 2 is 2.00 bits per heavy atom. The van der Waals surface area contributed by atoms with E-state index in [1.807, 2.05) is 42.5 Å². The van der Waals surface area contributed by atoms with Crippen molar-refractivity contribution >= 4 is 32.9 Å². The third-order valence-corrected chi connectivity index (χ3v) is 6.82. The van der Waals surface area contributed by atoms with Gasteiger partial charge in [-0.1, -0.05) is 36.5 Å². The van der Waals surface area contributed by atoms with Crippen LogP contribution in [-0.4, -0.2) is 15.9 Å². The highest BCUT2D eigenvalue weighted by Gasteiger charge is 2.41. The number of thiazole rings is 1. The van der Waals surface area contributed by atoms with Crippen LogP contribution in [0.5, 0.6) is 10.9 Å². The number of Topliss-reactive ketones (excluding diaryl/α,β-unsaturated/α-hetero) is 1. The molecule has 5 rings (SSSR count). The number of para-hydroxylation sites is 1. The number of ether oxygens (including phenoxy) is 1.